The van der Waals surface area contributed by atoms with Gasteiger partial charge in [0.15, 0.2) is 0 Å². The van der Waals surface area contributed by atoms with Crippen molar-refractivity contribution in [3.05, 3.63) is 27.7 Å². The van der Waals surface area contributed by atoms with Crippen molar-refractivity contribution in [2.75, 3.05) is 6.54 Å². The van der Waals surface area contributed by atoms with Crippen LogP contribution < -0.4 is 10.5 Å². The predicted octanol–water partition coefficient (Wildman–Crippen LogP) is 2.18. The van der Waals surface area contributed by atoms with E-state index in [1.807, 2.05) is 0 Å². The minimum atomic E-state index is -3.88. The average Bonchev–Trinajstić information content (AvgIpc) is 2.95. The molecule has 3 N–H and O–H groups in total. The van der Waals surface area contributed by atoms with Gasteiger partial charge in [-0.1, -0.05) is 13.8 Å². The lowest BCUT2D eigenvalue weighted by molar-refractivity contribution is 0.0950. The van der Waals surface area contributed by atoms with Crippen molar-refractivity contribution in [1.29, 1.82) is 0 Å². The molecule has 7 heteroatoms. The fourth-order valence-corrected chi connectivity index (χ4v) is 3.93. The van der Waals surface area contributed by atoms with E-state index in [0.29, 0.717) is 28.1 Å². The first-order valence-electron chi connectivity index (χ1n) is 6.63. The Morgan fingerprint density at radius 1 is 1.48 bits per heavy atom. The molecule has 0 aliphatic heterocycles. The molecule has 1 saturated carbocycles. The molecule has 0 radical (unpaired) electrons. The normalized spacial score (nSPS) is 20.1. The van der Waals surface area contributed by atoms with Crippen LogP contribution in [0.25, 0.3) is 0 Å². The minimum Gasteiger partial charge on any atom is -0.352 e. The predicted molar refractivity (Wildman–Crippen MR) is 84.5 cm³/mol. The Bertz CT molecular complexity index is 698. The van der Waals surface area contributed by atoms with Crippen molar-refractivity contribution >= 4 is 31.9 Å². The zero-order chi connectivity index (χ0) is 16.0. The van der Waals surface area contributed by atoms with E-state index in [0.717, 1.165) is 6.42 Å². The van der Waals surface area contributed by atoms with Crippen LogP contribution in [0.2, 0.25) is 0 Å². The number of nitrogens with one attached hydrogen (secondary N) is 1. The molecular weight excluding hydrogens is 356 g/mol. The summed E-state index contributed by atoms with van der Waals surface area (Å²) in [7, 11) is -3.88. The molecule has 1 aromatic carbocycles. The molecule has 1 amide bonds. The van der Waals surface area contributed by atoms with Crippen LogP contribution in [0.15, 0.2) is 21.5 Å². The molecule has 1 fully saturated rings. The van der Waals surface area contributed by atoms with E-state index < -0.39 is 10.0 Å². The smallest absolute Gasteiger partial charge is 0.251 e. The molecule has 21 heavy (non-hydrogen) atoms. The van der Waals surface area contributed by atoms with E-state index in [9.17, 15) is 13.2 Å². The van der Waals surface area contributed by atoms with Crippen LogP contribution in [-0.2, 0) is 10.0 Å². The lowest BCUT2D eigenvalue weighted by Crippen LogP contribution is -2.27. The van der Waals surface area contributed by atoms with E-state index in [-0.39, 0.29) is 16.2 Å². The standard InChI is InChI=1S/C14H19BrN2O3S/c1-8-4-9(5-11(12(8)15)21(16,19)20)13(18)17-7-10-6-14(10,2)3/h4-5,10H,6-7H2,1-3H3,(H,17,18)(H2,16,19,20). The van der Waals surface area contributed by atoms with Crippen LogP contribution in [0, 0.1) is 18.3 Å². The number of aryl methyl sites for hydroxylation is 1. The second kappa shape index (κ2) is 5.37. The number of carbonyl (C=O) groups excluding carboxylic acids is 1. The largest absolute Gasteiger partial charge is 0.352 e. The quantitative estimate of drug-likeness (QED) is 0.845. The van der Waals surface area contributed by atoms with Gasteiger partial charge in [0.25, 0.3) is 5.91 Å². The van der Waals surface area contributed by atoms with E-state index in [4.69, 9.17) is 5.14 Å². The molecule has 1 atom stereocenters. The van der Waals surface area contributed by atoms with E-state index in [1.165, 1.54) is 6.07 Å². The van der Waals surface area contributed by atoms with Crippen LogP contribution in [0.4, 0.5) is 0 Å². The molecule has 0 spiro atoms. The third-order valence-electron chi connectivity index (χ3n) is 4.02. The summed E-state index contributed by atoms with van der Waals surface area (Å²) < 4.78 is 23.5. The summed E-state index contributed by atoms with van der Waals surface area (Å²) in [4.78, 5) is 12.1. The maximum absolute atomic E-state index is 12.2. The number of halogens is 1. The van der Waals surface area contributed by atoms with Crippen LogP contribution >= 0.6 is 15.9 Å². The number of amides is 1. The molecule has 0 bridgehead atoms. The first kappa shape index (κ1) is 16.5. The van der Waals surface area contributed by atoms with Gasteiger partial charge in [-0.3, -0.25) is 4.79 Å². The number of rotatable bonds is 4. The van der Waals surface area contributed by atoms with Gasteiger partial charge >= 0.3 is 0 Å². The van der Waals surface area contributed by atoms with Gasteiger partial charge in [-0.25, -0.2) is 13.6 Å². The number of hydrogen-bond donors (Lipinski definition) is 2. The molecule has 0 heterocycles. The van der Waals surface area contributed by atoms with Crippen LogP contribution in [0.3, 0.4) is 0 Å². The third kappa shape index (κ3) is 3.64. The fourth-order valence-electron chi connectivity index (χ4n) is 2.32. The third-order valence-corrected chi connectivity index (χ3v) is 6.27. The maximum Gasteiger partial charge on any atom is 0.251 e. The molecule has 1 aliphatic rings. The second-order valence-electron chi connectivity index (χ2n) is 6.25. The Hall–Kier alpha value is -0.920. The Kier molecular flexibility index (Phi) is 4.21. The van der Waals surface area contributed by atoms with Gasteiger partial charge in [0.05, 0.1) is 4.90 Å². The highest BCUT2D eigenvalue weighted by molar-refractivity contribution is 9.10. The van der Waals surface area contributed by atoms with Crippen molar-refractivity contribution in [3.8, 4) is 0 Å². The van der Waals surface area contributed by atoms with Crippen LogP contribution in [0.1, 0.15) is 36.2 Å². The van der Waals surface area contributed by atoms with E-state index >= 15 is 0 Å². The zero-order valence-corrected chi connectivity index (χ0v) is 14.6. The number of hydrogen-bond acceptors (Lipinski definition) is 3. The first-order chi connectivity index (χ1) is 9.52. The summed E-state index contributed by atoms with van der Waals surface area (Å²) in [5.41, 5.74) is 1.24. The zero-order valence-electron chi connectivity index (χ0n) is 12.2. The molecule has 1 unspecified atom stereocenters. The summed E-state index contributed by atoms with van der Waals surface area (Å²) in [5.74, 6) is 0.203. The molecule has 116 valence electrons. The fraction of sp³-hybridized carbons (Fsp3) is 0.500. The average molecular weight is 375 g/mol. The molecule has 1 aliphatic carbocycles. The summed E-state index contributed by atoms with van der Waals surface area (Å²) in [6.45, 7) is 6.64. The van der Waals surface area contributed by atoms with Crippen molar-refractivity contribution in [2.45, 2.75) is 32.1 Å². The molecule has 5 nitrogen and oxygen atoms in total. The topological polar surface area (TPSA) is 89.3 Å². The van der Waals surface area contributed by atoms with E-state index in [2.05, 4.69) is 35.1 Å². The highest BCUT2D eigenvalue weighted by Crippen LogP contribution is 2.51. The lowest BCUT2D eigenvalue weighted by Gasteiger charge is -2.10. The maximum atomic E-state index is 12.2. The summed E-state index contributed by atoms with van der Waals surface area (Å²) in [5, 5.41) is 8.03. The van der Waals surface area contributed by atoms with Crippen LogP contribution in [-0.4, -0.2) is 20.9 Å². The highest BCUT2D eigenvalue weighted by Gasteiger charge is 2.45. The first-order valence-corrected chi connectivity index (χ1v) is 8.97. The number of sulfonamides is 1. The highest BCUT2D eigenvalue weighted by atomic mass is 79.9. The van der Waals surface area contributed by atoms with E-state index in [1.54, 1.807) is 13.0 Å². The Morgan fingerprint density at radius 3 is 2.52 bits per heavy atom. The molecule has 1 aromatic rings. The summed E-state index contributed by atoms with van der Waals surface area (Å²) in [6, 6.07) is 2.95. The number of benzene rings is 1. The van der Waals surface area contributed by atoms with Crippen molar-refractivity contribution in [2.24, 2.45) is 16.5 Å². The molecule has 2 rings (SSSR count). The van der Waals surface area contributed by atoms with Gasteiger partial charge in [-0.2, -0.15) is 0 Å². The van der Waals surface area contributed by atoms with Crippen molar-refractivity contribution in [3.63, 3.8) is 0 Å². The number of nitrogens with two attached hydrogens (primary N) is 1. The molecule has 0 saturated heterocycles. The van der Waals surface area contributed by atoms with Gasteiger partial charge in [0.1, 0.15) is 0 Å². The van der Waals surface area contributed by atoms with Crippen molar-refractivity contribution in [1.82, 2.24) is 5.32 Å². The lowest BCUT2D eigenvalue weighted by atomic mass is 10.1. The van der Waals surface area contributed by atoms with Crippen LogP contribution in [0.5, 0.6) is 0 Å². The molecule has 0 aromatic heterocycles. The van der Waals surface area contributed by atoms with Crippen molar-refractivity contribution < 1.29 is 13.2 Å². The van der Waals surface area contributed by atoms with Gasteiger partial charge in [-0.15, -0.1) is 0 Å². The summed E-state index contributed by atoms with van der Waals surface area (Å²) in [6.07, 6.45) is 1.09. The van der Waals surface area contributed by atoms with Gasteiger partial charge in [0, 0.05) is 16.6 Å². The number of carbonyl (C=O) groups is 1. The number of primary sulfonamides is 1. The Morgan fingerprint density at radius 2 is 2.05 bits per heavy atom. The Labute approximate surface area is 133 Å². The monoisotopic (exact) mass is 374 g/mol. The minimum absolute atomic E-state index is 0.0700. The van der Waals surface area contributed by atoms with Gasteiger partial charge in [-0.05, 0) is 58.3 Å². The summed E-state index contributed by atoms with van der Waals surface area (Å²) >= 11 is 3.20. The Balaban J connectivity index is 2.20. The second-order valence-corrected chi connectivity index (χ2v) is 8.57. The van der Waals surface area contributed by atoms with Gasteiger partial charge < -0.3 is 5.32 Å². The SMILES string of the molecule is Cc1cc(C(=O)NCC2CC2(C)C)cc(S(N)(=O)=O)c1Br. The molecular formula is C14H19BrN2O3S. The van der Waals surface area contributed by atoms with Gasteiger partial charge in [0.2, 0.25) is 10.0 Å².